The van der Waals surface area contributed by atoms with Gasteiger partial charge in [-0.3, -0.25) is 4.68 Å². The second-order valence-corrected chi connectivity index (χ2v) is 5.84. The first-order valence-electron chi connectivity index (χ1n) is 7.60. The lowest BCUT2D eigenvalue weighted by molar-refractivity contribution is 0.392. The maximum absolute atomic E-state index is 6.03. The number of nitrogens with one attached hydrogen (secondary N) is 1. The van der Waals surface area contributed by atoms with Crippen LogP contribution in [0.2, 0.25) is 0 Å². The Kier molecular flexibility index (Phi) is 5.71. The molecule has 1 heterocycles. The molecule has 3 nitrogen and oxygen atoms in total. The van der Waals surface area contributed by atoms with Gasteiger partial charge >= 0.3 is 0 Å². The fourth-order valence-electron chi connectivity index (χ4n) is 3.07. The van der Waals surface area contributed by atoms with Gasteiger partial charge in [0.2, 0.25) is 0 Å². The van der Waals surface area contributed by atoms with E-state index in [2.05, 4.69) is 35.0 Å². The van der Waals surface area contributed by atoms with E-state index < -0.39 is 0 Å². The average Bonchev–Trinajstić information content (AvgIpc) is 3.04. The molecule has 1 saturated carbocycles. The van der Waals surface area contributed by atoms with Crippen LogP contribution in [0.4, 0.5) is 0 Å². The van der Waals surface area contributed by atoms with Crippen LogP contribution in [0, 0.1) is 11.8 Å². The molecule has 108 valence electrons. The predicted molar refractivity (Wildman–Crippen MR) is 80.5 cm³/mol. The van der Waals surface area contributed by atoms with Crippen LogP contribution in [0.1, 0.15) is 44.5 Å². The number of alkyl halides is 1. The van der Waals surface area contributed by atoms with Gasteiger partial charge in [0.1, 0.15) is 0 Å². The van der Waals surface area contributed by atoms with Crippen LogP contribution in [0.3, 0.4) is 0 Å². The Morgan fingerprint density at radius 3 is 2.84 bits per heavy atom. The van der Waals surface area contributed by atoms with E-state index in [-0.39, 0.29) is 0 Å². The zero-order valence-electron chi connectivity index (χ0n) is 12.2. The Bertz CT molecular complexity index is 389. The molecular weight excluding hydrogens is 258 g/mol. The van der Waals surface area contributed by atoms with Gasteiger partial charge in [0.05, 0.1) is 11.4 Å². The molecule has 1 aromatic rings. The van der Waals surface area contributed by atoms with Gasteiger partial charge in [0, 0.05) is 19.0 Å². The molecule has 0 aliphatic heterocycles. The number of halogens is 1. The van der Waals surface area contributed by atoms with Gasteiger partial charge < -0.3 is 5.32 Å². The Balaban J connectivity index is 1.83. The van der Waals surface area contributed by atoms with Gasteiger partial charge in [-0.05, 0) is 50.6 Å². The van der Waals surface area contributed by atoms with Crippen molar-refractivity contribution in [3.8, 4) is 0 Å². The van der Waals surface area contributed by atoms with Gasteiger partial charge in [0.15, 0.2) is 0 Å². The summed E-state index contributed by atoms with van der Waals surface area (Å²) in [4.78, 5) is 0. The first kappa shape index (κ1) is 14.9. The monoisotopic (exact) mass is 283 g/mol. The number of nitrogens with zero attached hydrogens (tertiary/aromatic N) is 2. The molecule has 0 amide bonds. The van der Waals surface area contributed by atoms with Crippen molar-refractivity contribution in [2.24, 2.45) is 11.8 Å². The largest absolute Gasteiger partial charge is 0.311 e. The third kappa shape index (κ3) is 3.73. The summed E-state index contributed by atoms with van der Waals surface area (Å²) in [5, 5.41) is 8.18. The smallest absolute Gasteiger partial charge is 0.0625 e. The van der Waals surface area contributed by atoms with E-state index in [1.54, 1.807) is 0 Å². The van der Waals surface area contributed by atoms with Crippen LogP contribution in [-0.2, 0) is 19.5 Å². The van der Waals surface area contributed by atoms with Crippen molar-refractivity contribution >= 4 is 11.6 Å². The molecule has 19 heavy (non-hydrogen) atoms. The molecule has 0 radical (unpaired) electrons. The van der Waals surface area contributed by atoms with E-state index in [9.17, 15) is 0 Å². The minimum absolute atomic E-state index is 0.719. The van der Waals surface area contributed by atoms with Crippen molar-refractivity contribution in [3.05, 3.63) is 17.5 Å². The molecule has 1 N–H and O–H groups in total. The van der Waals surface area contributed by atoms with Crippen molar-refractivity contribution in [3.63, 3.8) is 0 Å². The van der Waals surface area contributed by atoms with Gasteiger partial charge in [0.25, 0.3) is 0 Å². The topological polar surface area (TPSA) is 29.9 Å². The Labute approximate surface area is 121 Å². The maximum Gasteiger partial charge on any atom is 0.0625 e. The minimum atomic E-state index is 0.719. The molecule has 2 unspecified atom stereocenters. The third-order valence-electron chi connectivity index (χ3n) is 4.30. The van der Waals surface area contributed by atoms with E-state index >= 15 is 0 Å². The average molecular weight is 284 g/mol. The third-order valence-corrected chi connectivity index (χ3v) is 4.70. The molecule has 0 aromatic carbocycles. The molecule has 1 aliphatic carbocycles. The van der Waals surface area contributed by atoms with Gasteiger partial charge in [-0.25, -0.2) is 0 Å². The summed E-state index contributed by atoms with van der Waals surface area (Å²) in [5.41, 5.74) is 2.50. The molecule has 0 bridgehead atoms. The maximum atomic E-state index is 6.03. The summed E-state index contributed by atoms with van der Waals surface area (Å²) in [6, 6.07) is 2.23. The second-order valence-electron chi connectivity index (χ2n) is 5.53. The zero-order chi connectivity index (χ0) is 13.7. The van der Waals surface area contributed by atoms with E-state index in [1.807, 2.05) is 0 Å². The minimum Gasteiger partial charge on any atom is -0.311 e. The summed E-state index contributed by atoms with van der Waals surface area (Å²) in [7, 11) is 0. The number of aryl methyl sites for hydroxylation is 2. The Morgan fingerprint density at radius 1 is 1.37 bits per heavy atom. The molecule has 1 aromatic heterocycles. The molecule has 0 spiro atoms. The summed E-state index contributed by atoms with van der Waals surface area (Å²) in [5.74, 6) is 2.30. The molecule has 0 saturated heterocycles. The van der Waals surface area contributed by atoms with E-state index in [0.29, 0.717) is 0 Å². The van der Waals surface area contributed by atoms with Gasteiger partial charge in [-0.15, -0.1) is 11.6 Å². The quantitative estimate of drug-likeness (QED) is 0.779. The molecule has 1 aliphatic rings. The first-order chi connectivity index (χ1) is 9.28. The molecule has 1 fully saturated rings. The summed E-state index contributed by atoms with van der Waals surface area (Å²) in [6.07, 6.45) is 4.99. The fourth-order valence-corrected chi connectivity index (χ4v) is 3.48. The zero-order valence-corrected chi connectivity index (χ0v) is 12.9. The lowest BCUT2D eigenvalue weighted by Crippen LogP contribution is -2.26. The van der Waals surface area contributed by atoms with Gasteiger partial charge in [-0.1, -0.05) is 13.3 Å². The van der Waals surface area contributed by atoms with E-state index in [4.69, 9.17) is 11.6 Å². The highest BCUT2D eigenvalue weighted by Gasteiger charge is 2.25. The van der Waals surface area contributed by atoms with Crippen LogP contribution in [0.25, 0.3) is 0 Å². The van der Waals surface area contributed by atoms with Crippen LogP contribution < -0.4 is 5.32 Å². The Hall–Kier alpha value is -0.540. The van der Waals surface area contributed by atoms with Crippen molar-refractivity contribution < 1.29 is 0 Å². The van der Waals surface area contributed by atoms with Crippen LogP contribution >= 0.6 is 11.6 Å². The number of hydrogen-bond acceptors (Lipinski definition) is 2. The van der Waals surface area contributed by atoms with Gasteiger partial charge in [-0.2, -0.15) is 5.10 Å². The number of rotatable bonds is 7. The standard InChI is InChI=1S/C15H26ClN3/c1-3-14-8-15(19(4-2)18-14)11-17-10-13-7-5-6-12(13)9-16/h8,12-13,17H,3-7,9-11H2,1-2H3. The Morgan fingerprint density at radius 2 is 2.16 bits per heavy atom. The highest BCUT2D eigenvalue weighted by molar-refractivity contribution is 6.18. The predicted octanol–water partition coefficient (Wildman–Crippen LogP) is 3.21. The number of hydrogen-bond donors (Lipinski definition) is 1. The molecule has 4 heteroatoms. The van der Waals surface area contributed by atoms with Crippen molar-refractivity contribution in [2.75, 3.05) is 12.4 Å². The first-order valence-corrected chi connectivity index (χ1v) is 8.14. The summed E-state index contributed by atoms with van der Waals surface area (Å²) < 4.78 is 2.11. The van der Waals surface area contributed by atoms with Crippen LogP contribution in [0.5, 0.6) is 0 Å². The highest BCUT2D eigenvalue weighted by Crippen LogP contribution is 2.31. The lowest BCUT2D eigenvalue weighted by atomic mass is 9.98. The highest BCUT2D eigenvalue weighted by atomic mass is 35.5. The number of aromatic nitrogens is 2. The van der Waals surface area contributed by atoms with Crippen molar-refractivity contribution in [1.82, 2.24) is 15.1 Å². The van der Waals surface area contributed by atoms with Crippen molar-refractivity contribution in [2.45, 2.75) is 52.6 Å². The van der Waals surface area contributed by atoms with Crippen LogP contribution in [0.15, 0.2) is 6.07 Å². The van der Waals surface area contributed by atoms with E-state index in [1.165, 1.54) is 30.7 Å². The second kappa shape index (κ2) is 7.30. The summed E-state index contributed by atoms with van der Waals surface area (Å²) >= 11 is 6.03. The normalized spacial score (nSPS) is 23.1. The lowest BCUT2D eigenvalue weighted by Gasteiger charge is -2.17. The molecular formula is C15H26ClN3. The van der Waals surface area contributed by atoms with Crippen LogP contribution in [-0.4, -0.2) is 22.2 Å². The molecule has 2 atom stereocenters. The van der Waals surface area contributed by atoms with E-state index in [0.717, 1.165) is 43.8 Å². The van der Waals surface area contributed by atoms with Crippen molar-refractivity contribution in [1.29, 1.82) is 0 Å². The fraction of sp³-hybridized carbons (Fsp3) is 0.800. The summed E-state index contributed by atoms with van der Waals surface area (Å²) in [6.45, 7) is 7.27. The molecule has 2 rings (SSSR count). The SMILES string of the molecule is CCc1cc(CNCC2CCCC2CCl)n(CC)n1.